The smallest absolute Gasteiger partial charge is 0.343 e. The highest BCUT2D eigenvalue weighted by atomic mass is 32.2. The maximum absolute atomic E-state index is 13.2. The van der Waals surface area contributed by atoms with Crippen LogP contribution in [0.5, 0.6) is 0 Å². The van der Waals surface area contributed by atoms with Gasteiger partial charge in [-0.2, -0.15) is 55.1 Å². The number of hydrogen-bond acceptors (Lipinski definition) is 4. The SMILES string of the molecule is N#CCNC(=O)C(CSCc1ccccc1C(F)(F)F)CSCc1ccccc1C(F)(F)F. The normalized spacial score (nSPS) is 11.9. The van der Waals surface area contributed by atoms with Gasteiger partial charge in [-0.15, -0.1) is 0 Å². The monoisotopic (exact) mass is 506 g/mol. The summed E-state index contributed by atoms with van der Waals surface area (Å²) in [5.41, 5.74) is -1.34. The van der Waals surface area contributed by atoms with Crippen LogP contribution >= 0.6 is 23.5 Å². The zero-order valence-electron chi connectivity index (χ0n) is 17.2. The van der Waals surface area contributed by atoms with Crippen molar-refractivity contribution in [2.75, 3.05) is 18.1 Å². The summed E-state index contributed by atoms with van der Waals surface area (Å²) < 4.78 is 79.0. The molecule has 11 heteroatoms. The standard InChI is InChI=1S/C22H20F6N2OS2/c23-21(24,25)18-7-3-1-5-15(18)11-32-13-17(20(31)30-10-9-29)14-33-12-16-6-2-4-8-19(16)22(26,27)28/h1-8,17H,10-14H2,(H,30,31). The summed E-state index contributed by atoms with van der Waals surface area (Å²) in [5, 5.41) is 11.1. The van der Waals surface area contributed by atoms with Gasteiger partial charge in [0.25, 0.3) is 0 Å². The van der Waals surface area contributed by atoms with Crippen molar-refractivity contribution in [3.05, 3.63) is 70.8 Å². The van der Waals surface area contributed by atoms with Crippen molar-refractivity contribution in [2.45, 2.75) is 23.9 Å². The Kier molecular flexibility index (Phi) is 9.98. The number of hydrogen-bond donors (Lipinski definition) is 1. The van der Waals surface area contributed by atoms with E-state index in [0.29, 0.717) is 0 Å². The van der Waals surface area contributed by atoms with Gasteiger partial charge in [0.05, 0.1) is 23.1 Å². The third-order valence-electron chi connectivity index (χ3n) is 4.51. The molecule has 1 N–H and O–H groups in total. The third kappa shape index (κ3) is 8.51. The average Bonchev–Trinajstić information content (AvgIpc) is 2.75. The molecule has 2 aromatic carbocycles. The molecule has 0 spiro atoms. The van der Waals surface area contributed by atoms with Gasteiger partial charge in [-0.05, 0) is 23.3 Å². The van der Waals surface area contributed by atoms with Crippen LogP contribution in [0.4, 0.5) is 26.3 Å². The van der Waals surface area contributed by atoms with Crippen LogP contribution in [0.1, 0.15) is 22.3 Å². The summed E-state index contributed by atoms with van der Waals surface area (Å²) in [7, 11) is 0. The van der Waals surface area contributed by atoms with Gasteiger partial charge in [0, 0.05) is 23.0 Å². The minimum absolute atomic E-state index is 0.0132. The third-order valence-corrected chi connectivity index (χ3v) is 6.82. The van der Waals surface area contributed by atoms with Crippen LogP contribution in [0.3, 0.4) is 0 Å². The van der Waals surface area contributed by atoms with Crippen LogP contribution in [-0.2, 0) is 28.7 Å². The Labute approximate surface area is 195 Å². The molecule has 0 aromatic heterocycles. The molecule has 0 aliphatic heterocycles. The first-order valence-corrected chi connectivity index (χ1v) is 11.9. The van der Waals surface area contributed by atoms with Crippen molar-refractivity contribution in [2.24, 2.45) is 5.92 Å². The first kappa shape index (κ1) is 26.9. The van der Waals surface area contributed by atoms with Crippen molar-refractivity contribution in [3.8, 4) is 6.07 Å². The molecular formula is C22H20F6N2OS2. The lowest BCUT2D eigenvalue weighted by molar-refractivity contribution is -0.138. The molecule has 2 aromatic rings. The highest BCUT2D eigenvalue weighted by molar-refractivity contribution is 7.99. The van der Waals surface area contributed by atoms with Crippen LogP contribution in [0, 0.1) is 17.2 Å². The van der Waals surface area contributed by atoms with Crippen LogP contribution in [-0.4, -0.2) is 24.0 Å². The number of benzene rings is 2. The first-order valence-electron chi connectivity index (χ1n) is 9.64. The number of carbonyl (C=O) groups is 1. The second-order valence-electron chi connectivity index (χ2n) is 6.91. The van der Waals surface area contributed by atoms with Crippen LogP contribution in [0.15, 0.2) is 48.5 Å². The van der Waals surface area contributed by atoms with E-state index >= 15 is 0 Å². The number of rotatable bonds is 10. The minimum Gasteiger partial charge on any atom is -0.343 e. The molecule has 0 aliphatic carbocycles. The summed E-state index contributed by atoms with van der Waals surface area (Å²) in [6, 6.07) is 12.1. The Morgan fingerprint density at radius 1 is 0.848 bits per heavy atom. The van der Waals surface area contributed by atoms with Gasteiger partial charge in [-0.3, -0.25) is 4.79 Å². The van der Waals surface area contributed by atoms with Gasteiger partial charge in [-0.1, -0.05) is 36.4 Å². The second-order valence-corrected chi connectivity index (χ2v) is 8.97. The highest BCUT2D eigenvalue weighted by Gasteiger charge is 2.34. The maximum atomic E-state index is 13.2. The van der Waals surface area contributed by atoms with E-state index in [0.717, 1.165) is 35.7 Å². The van der Waals surface area contributed by atoms with E-state index in [1.807, 2.05) is 0 Å². The molecule has 0 saturated carbocycles. The van der Waals surface area contributed by atoms with Gasteiger partial charge >= 0.3 is 12.4 Å². The molecule has 0 unspecified atom stereocenters. The Hall–Kier alpha value is -2.32. The van der Waals surface area contributed by atoms with Crippen molar-refractivity contribution < 1.29 is 31.1 Å². The summed E-state index contributed by atoms with van der Waals surface area (Å²) in [5.74, 6) is -0.831. The lowest BCUT2D eigenvalue weighted by atomic mass is 10.1. The zero-order valence-corrected chi connectivity index (χ0v) is 18.8. The van der Waals surface area contributed by atoms with Gasteiger partial charge in [-0.25, -0.2) is 0 Å². The second kappa shape index (κ2) is 12.2. The quantitative estimate of drug-likeness (QED) is 0.310. The average molecular weight is 507 g/mol. The molecule has 0 heterocycles. The minimum atomic E-state index is -4.50. The molecule has 2 rings (SSSR count). The number of alkyl halides is 6. The predicted molar refractivity (Wildman–Crippen MR) is 117 cm³/mol. The van der Waals surface area contributed by atoms with E-state index in [1.54, 1.807) is 6.07 Å². The molecule has 0 radical (unpaired) electrons. The summed E-state index contributed by atoms with van der Waals surface area (Å²) in [4.78, 5) is 12.4. The topological polar surface area (TPSA) is 52.9 Å². The summed E-state index contributed by atoms with van der Waals surface area (Å²) in [6.07, 6.45) is -9.00. The van der Waals surface area contributed by atoms with Gasteiger partial charge < -0.3 is 5.32 Å². The van der Waals surface area contributed by atoms with Crippen LogP contribution < -0.4 is 5.32 Å². The summed E-state index contributed by atoms with van der Waals surface area (Å²) in [6.45, 7) is -0.238. The Morgan fingerprint density at radius 2 is 1.27 bits per heavy atom. The van der Waals surface area contributed by atoms with Crippen molar-refractivity contribution in [1.82, 2.24) is 5.32 Å². The van der Waals surface area contributed by atoms with E-state index in [1.165, 1.54) is 36.4 Å². The van der Waals surface area contributed by atoms with Crippen molar-refractivity contribution in [1.29, 1.82) is 5.26 Å². The lowest BCUT2D eigenvalue weighted by Crippen LogP contribution is -2.33. The lowest BCUT2D eigenvalue weighted by Gasteiger charge is -2.17. The molecule has 3 nitrogen and oxygen atoms in total. The molecule has 0 fully saturated rings. The molecule has 0 atom stereocenters. The Balaban J connectivity index is 2.02. The summed E-state index contributed by atoms with van der Waals surface area (Å²) >= 11 is 2.25. The molecule has 0 bridgehead atoms. The fourth-order valence-electron chi connectivity index (χ4n) is 2.94. The Morgan fingerprint density at radius 3 is 1.67 bits per heavy atom. The van der Waals surface area contributed by atoms with E-state index in [2.05, 4.69) is 5.32 Å². The molecule has 0 saturated heterocycles. The number of halogens is 6. The van der Waals surface area contributed by atoms with Crippen LogP contribution in [0.25, 0.3) is 0 Å². The van der Waals surface area contributed by atoms with Gasteiger partial charge in [0.15, 0.2) is 0 Å². The van der Waals surface area contributed by atoms with E-state index in [9.17, 15) is 31.1 Å². The molecule has 1 amide bonds. The van der Waals surface area contributed by atoms with E-state index in [-0.39, 0.29) is 40.7 Å². The number of nitriles is 1. The molecular weight excluding hydrogens is 486 g/mol. The van der Waals surface area contributed by atoms with E-state index < -0.39 is 35.3 Å². The van der Waals surface area contributed by atoms with Gasteiger partial charge in [0.2, 0.25) is 5.91 Å². The maximum Gasteiger partial charge on any atom is 0.416 e. The largest absolute Gasteiger partial charge is 0.416 e. The number of amides is 1. The fourth-order valence-corrected chi connectivity index (χ4v) is 5.37. The number of nitrogens with zero attached hydrogens (tertiary/aromatic N) is 1. The number of thioether (sulfide) groups is 2. The Bertz CT molecular complexity index is 909. The van der Waals surface area contributed by atoms with Crippen LogP contribution in [0.2, 0.25) is 0 Å². The van der Waals surface area contributed by atoms with Crippen molar-refractivity contribution in [3.63, 3.8) is 0 Å². The number of nitrogens with one attached hydrogen (secondary N) is 1. The molecule has 178 valence electrons. The zero-order chi connectivity index (χ0) is 24.5. The predicted octanol–water partition coefficient (Wildman–Crippen LogP) is 6.15. The fraction of sp³-hybridized carbons (Fsp3) is 0.364. The first-order chi connectivity index (χ1) is 15.5. The van der Waals surface area contributed by atoms with E-state index in [4.69, 9.17) is 5.26 Å². The molecule has 33 heavy (non-hydrogen) atoms. The highest BCUT2D eigenvalue weighted by Crippen LogP contribution is 2.35. The number of carbonyl (C=O) groups excluding carboxylic acids is 1. The van der Waals surface area contributed by atoms with Crippen molar-refractivity contribution >= 4 is 29.4 Å². The van der Waals surface area contributed by atoms with Gasteiger partial charge in [0.1, 0.15) is 6.54 Å². The molecule has 0 aliphatic rings.